The maximum atomic E-state index is 12.2. The van der Waals surface area contributed by atoms with E-state index in [1.54, 1.807) is 11.3 Å². The van der Waals surface area contributed by atoms with Gasteiger partial charge in [-0.2, -0.15) is 0 Å². The van der Waals surface area contributed by atoms with E-state index in [1.807, 2.05) is 47.7 Å². The second-order valence-corrected chi connectivity index (χ2v) is 18.0. The number of aryl methyl sites for hydroxylation is 1. The number of hydrogen-bond donors (Lipinski definition) is 1. The molecule has 6 heteroatoms. The van der Waals surface area contributed by atoms with Gasteiger partial charge in [-0.05, 0) is 73.1 Å². The van der Waals surface area contributed by atoms with Crippen LogP contribution in [0.5, 0.6) is 0 Å². The number of furan rings is 1. The van der Waals surface area contributed by atoms with Gasteiger partial charge in [-0.15, -0.1) is 40.5 Å². The molecule has 0 amide bonds. The Labute approximate surface area is 347 Å². The second-order valence-electron chi connectivity index (χ2n) is 16.9. The molecule has 0 atom stereocenters. The van der Waals surface area contributed by atoms with Gasteiger partial charge >= 0.3 is 0 Å². The van der Waals surface area contributed by atoms with Crippen molar-refractivity contribution in [2.45, 2.75) is 121 Å². The summed E-state index contributed by atoms with van der Waals surface area (Å²) in [6, 6.07) is 25.4. The van der Waals surface area contributed by atoms with Gasteiger partial charge < -0.3 is 9.52 Å². The largest absolute Gasteiger partial charge is 0.512 e. The van der Waals surface area contributed by atoms with Crippen molar-refractivity contribution in [2.24, 2.45) is 16.7 Å². The second kappa shape index (κ2) is 17.7. The number of ketones is 1. The molecule has 6 aromatic rings. The first kappa shape index (κ1) is 44.1. The van der Waals surface area contributed by atoms with Crippen LogP contribution in [0.15, 0.2) is 83.1 Å². The molecule has 0 saturated carbocycles. The van der Waals surface area contributed by atoms with E-state index in [9.17, 15) is 9.90 Å². The monoisotopic (exact) mass is 935 g/mol. The summed E-state index contributed by atoms with van der Waals surface area (Å²) in [5, 5.41) is 14.9. The number of aliphatic hydroxyl groups is 1. The van der Waals surface area contributed by atoms with E-state index in [0.29, 0.717) is 5.92 Å². The van der Waals surface area contributed by atoms with Crippen LogP contribution in [-0.2, 0) is 36.7 Å². The topological polar surface area (TPSA) is 63.3 Å². The van der Waals surface area contributed by atoms with Crippen molar-refractivity contribution in [3.05, 3.63) is 102 Å². The minimum absolute atomic E-state index is 0. The number of pyridine rings is 1. The number of nitrogens with zero attached hydrogens (tertiary/aromatic N) is 1. The Hall–Kier alpha value is -3.57. The Morgan fingerprint density at radius 1 is 0.873 bits per heavy atom. The average molecular weight is 935 g/mol. The SMILES string of the molecule is CCC(C)(CC)C(=O)/C=C(\O)C(C)(CC)CC.Cc1c(CC(C)C)oc2c(-c3cc4c(-c5[c-]c6ccccc6c(C(C)(C)C)c5)nccc4s3)cccc12.[Ir]. The number of para-hydroxylation sites is 1. The zero-order valence-electron chi connectivity index (χ0n) is 35.0. The zero-order valence-corrected chi connectivity index (χ0v) is 38.2. The van der Waals surface area contributed by atoms with Crippen molar-refractivity contribution in [2.75, 3.05) is 0 Å². The van der Waals surface area contributed by atoms with E-state index in [4.69, 9.17) is 9.40 Å². The molecule has 4 nitrogen and oxygen atoms in total. The summed E-state index contributed by atoms with van der Waals surface area (Å²) in [6.45, 7) is 25.6. The molecule has 0 unspecified atom stereocenters. The molecule has 0 spiro atoms. The minimum Gasteiger partial charge on any atom is -0.512 e. The van der Waals surface area contributed by atoms with Crippen LogP contribution < -0.4 is 0 Å². The number of thiophene rings is 1. The molecule has 3 aromatic heterocycles. The summed E-state index contributed by atoms with van der Waals surface area (Å²) < 4.78 is 7.72. The van der Waals surface area contributed by atoms with Crippen LogP contribution in [0, 0.1) is 29.7 Å². The van der Waals surface area contributed by atoms with Crippen LogP contribution in [0.2, 0.25) is 0 Å². The van der Waals surface area contributed by atoms with Crippen molar-refractivity contribution < 1.29 is 34.4 Å². The van der Waals surface area contributed by atoms with Crippen molar-refractivity contribution in [3.8, 4) is 21.7 Å². The molecular weight excluding hydrogens is 875 g/mol. The van der Waals surface area contributed by atoms with E-state index in [2.05, 4.69) is 108 Å². The molecule has 295 valence electrons. The van der Waals surface area contributed by atoms with Gasteiger partial charge in [-0.25, -0.2) is 0 Å². The summed E-state index contributed by atoms with van der Waals surface area (Å²) in [5.74, 6) is 1.94. The Kier molecular flexibility index (Phi) is 14.2. The third kappa shape index (κ3) is 9.19. The standard InChI is InChI=1S/C34H32NOS.C15H28O2.Ir/c1-20(2)16-29-21(3)24-12-9-13-26(33(24)36-29)31-19-27-30(37-31)14-15-35-32(27)23-17-22-10-7-8-11-25(22)28(18-23)34(4,5)6;1-7-14(5,8-2)12(16)11-13(17)15(6,9-3)10-4;/h7-15,18-20H,16H2,1-6H3;11,16H,7-10H2,1-6H3;/q-1;;/b;12-11-;. The van der Waals surface area contributed by atoms with Gasteiger partial charge in [-0.1, -0.05) is 117 Å². The van der Waals surface area contributed by atoms with Gasteiger partial charge in [0.2, 0.25) is 0 Å². The van der Waals surface area contributed by atoms with Crippen molar-refractivity contribution >= 4 is 48.9 Å². The number of aromatic nitrogens is 1. The molecule has 3 heterocycles. The number of aliphatic hydroxyl groups excluding tert-OH is 1. The predicted molar refractivity (Wildman–Crippen MR) is 232 cm³/mol. The van der Waals surface area contributed by atoms with Gasteiger partial charge in [0, 0.05) is 75.8 Å². The Morgan fingerprint density at radius 3 is 2.13 bits per heavy atom. The average Bonchev–Trinajstić information content (AvgIpc) is 3.73. The molecule has 55 heavy (non-hydrogen) atoms. The maximum absolute atomic E-state index is 12.2. The fraction of sp³-hybridized carbons (Fsp3) is 0.429. The molecule has 1 N–H and O–H groups in total. The van der Waals surface area contributed by atoms with E-state index in [0.717, 1.165) is 71.0 Å². The first-order valence-corrected chi connectivity index (χ1v) is 20.6. The minimum atomic E-state index is -0.337. The van der Waals surface area contributed by atoms with Gasteiger partial charge in [0.15, 0.2) is 5.78 Å². The van der Waals surface area contributed by atoms with Crippen LogP contribution in [0.25, 0.3) is 53.5 Å². The fourth-order valence-corrected chi connectivity index (χ4v) is 8.10. The molecular formula is C49H60IrNO3S-. The number of fused-ring (bicyclic) bond motifs is 3. The summed E-state index contributed by atoms with van der Waals surface area (Å²) in [6.07, 6.45) is 7.63. The molecule has 0 saturated heterocycles. The molecule has 0 aliphatic rings. The third-order valence-corrected chi connectivity index (χ3v) is 12.9. The van der Waals surface area contributed by atoms with E-state index >= 15 is 0 Å². The Morgan fingerprint density at radius 2 is 1.51 bits per heavy atom. The molecule has 0 aliphatic carbocycles. The van der Waals surface area contributed by atoms with Gasteiger partial charge in [0.05, 0.1) is 0 Å². The van der Waals surface area contributed by atoms with Gasteiger partial charge in [-0.3, -0.25) is 9.78 Å². The first-order chi connectivity index (χ1) is 25.5. The number of hydrogen-bond acceptors (Lipinski definition) is 5. The predicted octanol–water partition coefficient (Wildman–Crippen LogP) is 14.8. The number of carbonyl (C=O) groups is 1. The van der Waals surface area contributed by atoms with Crippen molar-refractivity contribution in [1.82, 2.24) is 4.98 Å². The number of carbonyl (C=O) groups excluding carboxylic acids is 1. The Balaban J connectivity index is 0.000000320. The molecule has 3 aromatic carbocycles. The van der Waals surface area contributed by atoms with Crippen LogP contribution in [0.3, 0.4) is 0 Å². The molecule has 0 bridgehead atoms. The van der Waals surface area contributed by atoms with Crippen LogP contribution >= 0.6 is 11.3 Å². The third-order valence-electron chi connectivity index (χ3n) is 11.8. The van der Waals surface area contributed by atoms with Gasteiger partial charge in [0.25, 0.3) is 0 Å². The van der Waals surface area contributed by atoms with Crippen LogP contribution in [-0.4, -0.2) is 15.9 Å². The van der Waals surface area contributed by atoms with Gasteiger partial charge in [0.1, 0.15) is 17.1 Å². The normalized spacial score (nSPS) is 12.6. The van der Waals surface area contributed by atoms with E-state index in [-0.39, 0.29) is 47.9 Å². The fourth-order valence-electron chi connectivity index (χ4n) is 7.02. The molecule has 6 rings (SSSR count). The molecule has 1 radical (unpaired) electrons. The van der Waals surface area contributed by atoms with Crippen molar-refractivity contribution in [1.29, 1.82) is 0 Å². The summed E-state index contributed by atoms with van der Waals surface area (Å²) in [7, 11) is 0. The summed E-state index contributed by atoms with van der Waals surface area (Å²) in [5.41, 5.74) is 6.16. The van der Waals surface area contributed by atoms with E-state index < -0.39 is 0 Å². The summed E-state index contributed by atoms with van der Waals surface area (Å²) in [4.78, 5) is 18.3. The summed E-state index contributed by atoms with van der Waals surface area (Å²) >= 11 is 1.80. The maximum Gasteiger partial charge on any atom is 0.164 e. The van der Waals surface area contributed by atoms with Crippen molar-refractivity contribution in [3.63, 3.8) is 0 Å². The number of rotatable bonds is 11. The van der Waals surface area contributed by atoms with Crippen LogP contribution in [0.1, 0.15) is 119 Å². The molecule has 0 fully saturated rings. The molecule has 0 aliphatic heterocycles. The quantitative estimate of drug-likeness (QED) is 0.0799. The first-order valence-electron chi connectivity index (χ1n) is 19.8. The smallest absolute Gasteiger partial charge is 0.164 e. The number of allylic oxidation sites excluding steroid dienone is 2. The zero-order chi connectivity index (χ0) is 39.6. The van der Waals surface area contributed by atoms with E-state index in [1.165, 1.54) is 37.6 Å². The number of benzene rings is 3. The van der Waals surface area contributed by atoms with Crippen LogP contribution in [0.4, 0.5) is 0 Å². The Bertz CT molecular complexity index is 2290.